The summed E-state index contributed by atoms with van der Waals surface area (Å²) in [5.41, 5.74) is 5.42. The molecule has 1 saturated heterocycles. The molecule has 1 heterocycles. The smallest absolute Gasteiger partial charge is 0.0463 e. The second-order valence-corrected chi connectivity index (χ2v) is 3.45. The number of nitrogens with two attached hydrogens (primary N) is 1. The van der Waals surface area contributed by atoms with Crippen LogP contribution in [0.3, 0.4) is 0 Å². The molecule has 0 aromatic heterocycles. The molecule has 0 aromatic rings. The fourth-order valence-corrected chi connectivity index (χ4v) is 1.73. The van der Waals surface area contributed by atoms with E-state index in [1.807, 2.05) is 0 Å². The van der Waals surface area contributed by atoms with Gasteiger partial charge in [-0.05, 0) is 19.4 Å². The summed E-state index contributed by atoms with van der Waals surface area (Å²) in [6.07, 6.45) is 2.40. The third-order valence-electron chi connectivity index (χ3n) is 1.89. The zero-order chi connectivity index (χ0) is 7.40. The van der Waals surface area contributed by atoms with Gasteiger partial charge in [-0.15, -0.1) is 11.6 Å². The molecule has 0 saturated carbocycles. The maximum absolute atomic E-state index is 5.96. The molecule has 1 unspecified atom stereocenters. The normalized spacial score (nSPS) is 28.8. The van der Waals surface area contributed by atoms with E-state index in [-0.39, 0.29) is 0 Å². The first-order valence-corrected chi connectivity index (χ1v) is 4.33. The summed E-state index contributed by atoms with van der Waals surface area (Å²) in [6.45, 7) is 3.96. The summed E-state index contributed by atoms with van der Waals surface area (Å²) in [5.74, 6) is 0. The first-order chi connectivity index (χ1) is 4.83. The second kappa shape index (κ2) is 4.16. The summed E-state index contributed by atoms with van der Waals surface area (Å²) >= 11 is 5.96. The molecule has 0 radical (unpaired) electrons. The maximum atomic E-state index is 5.96. The number of likely N-dealkylation sites (tertiary alicyclic amines) is 1. The van der Waals surface area contributed by atoms with Crippen LogP contribution in [-0.2, 0) is 0 Å². The van der Waals surface area contributed by atoms with E-state index >= 15 is 0 Å². The van der Waals surface area contributed by atoms with Gasteiger partial charge in [0.25, 0.3) is 0 Å². The van der Waals surface area contributed by atoms with Crippen molar-refractivity contribution in [1.29, 1.82) is 0 Å². The fourth-order valence-electron chi connectivity index (χ4n) is 1.38. The number of nitrogens with zero attached hydrogens (tertiary/aromatic N) is 1. The lowest BCUT2D eigenvalue weighted by atomic mass is 10.1. The van der Waals surface area contributed by atoms with Crippen molar-refractivity contribution in [2.24, 2.45) is 5.73 Å². The Kier molecular flexibility index (Phi) is 3.46. The lowest BCUT2D eigenvalue weighted by molar-refractivity contribution is 0.238. The minimum atomic E-state index is 0.361. The molecule has 1 rings (SSSR count). The molecular formula is C7H15ClN2. The molecule has 0 aromatic carbocycles. The van der Waals surface area contributed by atoms with Crippen LogP contribution >= 0.6 is 11.6 Å². The van der Waals surface area contributed by atoms with Gasteiger partial charge in [-0.25, -0.2) is 0 Å². The number of halogens is 1. The molecule has 60 valence electrons. The van der Waals surface area contributed by atoms with Gasteiger partial charge in [0.1, 0.15) is 0 Å². The molecule has 2 N–H and O–H groups in total. The largest absolute Gasteiger partial charge is 0.329 e. The van der Waals surface area contributed by atoms with Gasteiger partial charge >= 0.3 is 0 Å². The van der Waals surface area contributed by atoms with Gasteiger partial charge in [0.2, 0.25) is 0 Å². The van der Waals surface area contributed by atoms with Crippen LogP contribution in [0.25, 0.3) is 0 Å². The molecule has 0 spiro atoms. The Labute approximate surface area is 67.3 Å². The van der Waals surface area contributed by atoms with Crippen LogP contribution in [0.15, 0.2) is 0 Å². The van der Waals surface area contributed by atoms with Crippen molar-refractivity contribution < 1.29 is 0 Å². The van der Waals surface area contributed by atoms with Crippen molar-refractivity contribution in [3.8, 4) is 0 Å². The first kappa shape index (κ1) is 8.31. The molecule has 0 aliphatic carbocycles. The third-order valence-corrected chi connectivity index (χ3v) is 2.25. The SMILES string of the molecule is NCCN1CCCC(Cl)C1. The highest BCUT2D eigenvalue weighted by Crippen LogP contribution is 2.13. The van der Waals surface area contributed by atoms with Crippen molar-refractivity contribution >= 4 is 11.6 Å². The average molecular weight is 163 g/mol. The monoisotopic (exact) mass is 162 g/mol. The van der Waals surface area contributed by atoms with Crippen LogP contribution in [0.4, 0.5) is 0 Å². The van der Waals surface area contributed by atoms with Crippen LogP contribution in [0.1, 0.15) is 12.8 Å². The summed E-state index contributed by atoms with van der Waals surface area (Å²) in [4.78, 5) is 2.33. The quantitative estimate of drug-likeness (QED) is 0.605. The van der Waals surface area contributed by atoms with E-state index in [1.54, 1.807) is 0 Å². The molecule has 1 aliphatic heterocycles. The Hall–Kier alpha value is 0.210. The Balaban J connectivity index is 2.18. The molecule has 10 heavy (non-hydrogen) atoms. The molecule has 3 heteroatoms. The Morgan fingerprint density at radius 3 is 3.00 bits per heavy atom. The molecular weight excluding hydrogens is 148 g/mol. The Bertz CT molecular complexity index is 95.6. The minimum absolute atomic E-state index is 0.361. The zero-order valence-electron chi connectivity index (χ0n) is 6.22. The number of hydrogen-bond acceptors (Lipinski definition) is 2. The van der Waals surface area contributed by atoms with Crippen molar-refractivity contribution in [1.82, 2.24) is 4.90 Å². The topological polar surface area (TPSA) is 29.3 Å². The standard InChI is InChI=1S/C7H15ClN2/c8-7-2-1-4-10(6-7)5-3-9/h7H,1-6,9H2. The van der Waals surface area contributed by atoms with E-state index in [9.17, 15) is 0 Å². The van der Waals surface area contributed by atoms with Crippen LogP contribution in [0.5, 0.6) is 0 Å². The number of hydrogen-bond donors (Lipinski definition) is 1. The van der Waals surface area contributed by atoms with E-state index in [2.05, 4.69) is 4.90 Å². The maximum Gasteiger partial charge on any atom is 0.0463 e. The van der Waals surface area contributed by atoms with Crippen LogP contribution < -0.4 is 5.73 Å². The van der Waals surface area contributed by atoms with Gasteiger partial charge in [0.05, 0.1) is 0 Å². The van der Waals surface area contributed by atoms with Crippen molar-refractivity contribution in [3.05, 3.63) is 0 Å². The number of piperidine rings is 1. The first-order valence-electron chi connectivity index (χ1n) is 3.89. The van der Waals surface area contributed by atoms with E-state index in [0.717, 1.165) is 19.6 Å². The second-order valence-electron chi connectivity index (χ2n) is 2.83. The lowest BCUT2D eigenvalue weighted by Gasteiger charge is -2.28. The summed E-state index contributed by atoms with van der Waals surface area (Å²) in [5, 5.41) is 0.361. The van der Waals surface area contributed by atoms with Gasteiger partial charge in [-0.1, -0.05) is 0 Å². The summed E-state index contributed by atoms with van der Waals surface area (Å²) in [7, 11) is 0. The molecule has 2 nitrogen and oxygen atoms in total. The zero-order valence-corrected chi connectivity index (χ0v) is 6.98. The highest BCUT2D eigenvalue weighted by molar-refractivity contribution is 6.20. The van der Waals surface area contributed by atoms with Gasteiger partial charge in [0.15, 0.2) is 0 Å². The van der Waals surface area contributed by atoms with Gasteiger partial charge in [0, 0.05) is 25.0 Å². The van der Waals surface area contributed by atoms with Crippen molar-refractivity contribution in [3.63, 3.8) is 0 Å². The van der Waals surface area contributed by atoms with E-state index in [4.69, 9.17) is 17.3 Å². The van der Waals surface area contributed by atoms with Gasteiger partial charge < -0.3 is 10.6 Å². The molecule has 0 amide bonds. The van der Waals surface area contributed by atoms with Crippen LogP contribution in [0.2, 0.25) is 0 Å². The average Bonchev–Trinajstić information content (AvgIpc) is 1.88. The van der Waals surface area contributed by atoms with Crippen molar-refractivity contribution in [2.45, 2.75) is 18.2 Å². The summed E-state index contributed by atoms with van der Waals surface area (Å²) in [6, 6.07) is 0. The van der Waals surface area contributed by atoms with Crippen LogP contribution in [0, 0.1) is 0 Å². The van der Waals surface area contributed by atoms with Gasteiger partial charge in [-0.3, -0.25) is 0 Å². The molecule has 1 atom stereocenters. The van der Waals surface area contributed by atoms with Gasteiger partial charge in [-0.2, -0.15) is 0 Å². The number of alkyl halides is 1. The van der Waals surface area contributed by atoms with E-state index in [1.165, 1.54) is 19.4 Å². The number of rotatable bonds is 2. The highest BCUT2D eigenvalue weighted by atomic mass is 35.5. The Morgan fingerprint density at radius 1 is 1.60 bits per heavy atom. The van der Waals surface area contributed by atoms with Crippen molar-refractivity contribution in [2.75, 3.05) is 26.2 Å². The molecule has 1 fully saturated rings. The Morgan fingerprint density at radius 2 is 2.40 bits per heavy atom. The predicted molar refractivity (Wildman–Crippen MR) is 44.4 cm³/mol. The third kappa shape index (κ3) is 2.45. The molecule has 1 aliphatic rings. The predicted octanol–water partition coefficient (Wildman–Crippen LogP) is 0.648. The summed E-state index contributed by atoms with van der Waals surface area (Å²) < 4.78 is 0. The van der Waals surface area contributed by atoms with E-state index in [0.29, 0.717) is 5.38 Å². The van der Waals surface area contributed by atoms with Crippen LogP contribution in [-0.4, -0.2) is 36.5 Å². The van der Waals surface area contributed by atoms with E-state index < -0.39 is 0 Å². The molecule has 0 bridgehead atoms. The fraction of sp³-hybridized carbons (Fsp3) is 1.00. The minimum Gasteiger partial charge on any atom is -0.329 e. The lowest BCUT2D eigenvalue weighted by Crippen LogP contribution is -2.38. The highest BCUT2D eigenvalue weighted by Gasteiger charge is 2.16.